The average molecular weight is 332 g/mol. The van der Waals surface area contributed by atoms with Gasteiger partial charge in [-0.3, -0.25) is 9.59 Å². The Morgan fingerprint density at radius 1 is 1.17 bits per heavy atom. The number of nitrogens with zero attached hydrogens (tertiary/aromatic N) is 1. The predicted molar refractivity (Wildman–Crippen MR) is 90.6 cm³/mol. The van der Waals surface area contributed by atoms with E-state index in [1.54, 1.807) is 11.3 Å². The summed E-state index contributed by atoms with van der Waals surface area (Å²) in [5.41, 5.74) is -0.0535. The number of fused-ring (bicyclic) bond motifs is 3. The van der Waals surface area contributed by atoms with Crippen LogP contribution in [0.4, 0.5) is 5.13 Å². The summed E-state index contributed by atoms with van der Waals surface area (Å²) in [7, 11) is 0. The van der Waals surface area contributed by atoms with Crippen molar-refractivity contribution in [3.63, 3.8) is 0 Å². The second-order valence-corrected chi connectivity index (χ2v) is 9.27. The van der Waals surface area contributed by atoms with E-state index in [1.165, 1.54) is 17.7 Å². The van der Waals surface area contributed by atoms with Gasteiger partial charge in [-0.1, -0.05) is 20.8 Å². The van der Waals surface area contributed by atoms with Crippen molar-refractivity contribution in [2.45, 2.75) is 65.7 Å². The molecule has 1 heterocycles. The Bertz CT molecular complexity index is 684. The highest BCUT2D eigenvalue weighted by Crippen LogP contribution is 2.70. The third kappa shape index (κ3) is 1.80. The number of Topliss-reactive ketones (excluding diaryl/α,β-unsaturated/α-hetero) is 1. The first kappa shape index (κ1) is 15.3. The molecule has 1 amide bonds. The van der Waals surface area contributed by atoms with Crippen LogP contribution in [0.3, 0.4) is 0 Å². The fraction of sp³-hybridized carbons (Fsp3) is 0.722. The summed E-state index contributed by atoms with van der Waals surface area (Å²) < 4.78 is 0. The normalized spacial score (nSPS) is 34.5. The Kier molecular flexibility index (Phi) is 3.10. The Hall–Kier alpha value is -1.23. The van der Waals surface area contributed by atoms with Crippen LogP contribution < -0.4 is 5.32 Å². The van der Waals surface area contributed by atoms with Crippen LogP contribution in [-0.4, -0.2) is 16.7 Å². The summed E-state index contributed by atoms with van der Waals surface area (Å²) in [5.74, 6) is 0.255. The van der Waals surface area contributed by atoms with E-state index >= 15 is 0 Å². The molecule has 124 valence electrons. The van der Waals surface area contributed by atoms with E-state index in [2.05, 4.69) is 24.1 Å². The van der Waals surface area contributed by atoms with Gasteiger partial charge in [-0.15, -0.1) is 11.3 Å². The molecule has 2 atom stereocenters. The molecule has 2 fully saturated rings. The van der Waals surface area contributed by atoms with Gasteiger partial charge >= 0.3 is 0 Å². The number of carbonyl (C=O) groups is 2. The summed E-state index contributed by atoms with van der Waals surface area (Å²) >= 11 is 1.62. The van der Waals surface area contributed by atoms with Crippen LogP contribution >= 0.6 is 11.3 Å². The van der Waals surface area contributed by atoms with Crippen LogP contribution in [-0.2, 0) is 22.4 Å². The van der Waals surface area contributed by atoms with E-state index in [1.807, 2.05) is 6.92 Å². The van der Waals surface area contributed by atoms with Gasteiger partial charge in [0.15, 0.2) is 5.13 Å². The number of thiazole rings is 1. The van der Waals surface area contributed by atoms with Gasteiger partial charge in [-0.05, 0) is 43.9 Å². The van der Waals surface area contributed by atoms with Crippen molar-refractivity contribution in [1.82, 2.24) is 4.98 Å². The Balaban J connectivity index is 1.62. The van der Waals surface area contributed by atoms with Crippen molar-refractivity contribution >= 4 is 28.2 Å². The molecule has 2 bridgehead atoms. The molecule has 4 rings (SSSR count). The predicted octanol–water partition coefficient (Wildman–Crippen LogP) is 3.75. The first-order chi connectivity index (χ1) is 10.8. The van der Waals surface area contributed by atoms with Crippen LogP contribution in [0.5, 0.6) is 0 Å². The number of hydrogen-bond donors (Lipinski definition) is 1. The summed E-state index contributed by atoms with van der Waals surface area (Å²) in [4.78, 5) is 31.6. The van der Waals surface area contributed by atoms with Crippen molar-refractivity contribution < 1.29 is 9.59 Å². The lowest BCUT2D eigenvalue weighted by atomic mass is 9.64. The molecule has 1 N–H and O–H groups in total. The van der Waals surface area contributed by atoms with Gasteiger partial charge in [0.25, 0.3) is 0 Å². The molecule has 1 aromatic heterocycles. The Morgan fingerprint density at radius 2 is 1.91 bits per heavy atom. The number of hydrogen-bond acceptors (Lipinski definition) is 4. The summed E-state index contributed by atoms with van der Waals surface area (Å²) in [6.07, 6.45) is 6.51. The average Bonchev–Trinajstić information content (AvgIpc) is 3.04. The maximum Gasteiger partial charge on any atom is 0.233 e. The second kappa shape index (κ2) is 4.65. The minimum atomic E-state index is -0.564. The highest BCUT2D eigenvalue weighted by molar-refractivity contribution is 7.15. The molecule has 4 nitrogen and oxygen atoms in total. The number of aromatic nitrogens is 1. The van der Waals surface area contributed by atoms with Crippen molar-refractivity contribution in [2.24, 2.45) is 16.2 Å². The van der Waals surface area contributed by atoms with Gasteiger partial charge in [0, 0.05) is 16.7 Å². The molecule has 2 saturated carbocycles. The molecule has 0 radical (unpaired) electrons. The number of anilines is 1. The summed E-state index contributed by atoms with van der Waals surface area (Å²) in [5, 5.41) is 3.79. The smallest absolute Gasteiger partial charge is 0.233 e. The van der Waals surface area contributed by atoms with Gasteiger partial charge in [0.05, 0.1) is 11.1 Å². The minimum Gasteiger partial charge on any atom is -0.301 e. The monoisotopic (exact) mass is 332 g/mol. The van der Waals surface area contributed by atoms with Gasteiger partial charge in [0.2, 0.25) is 5.91 Å². The molecular weight excluding hydrogens is 308 g/mol. The topological polar surface area (TPSA) is 59.1 Å². The molecule has 0 unspecified atom stereocenters. The first-order valence-electron chi connectivity index (χ1n) is 8.64. The Morgan fingerprint density at radius 3 is 2.52 bits per heavy atom. The minimum absolute atomic E-state index is 0.00294. The zero-order valence-electron chi connectivity index (χ0n) is 14.1. The SMILES string of the molecule is CC1(C)[C@]2(C(=O)Nc3nc4c(s3)CCCC4)CC[C@]1(C)C(=O)C2. The molecule has 3 aliphatic carbocycles. The second-order valence-electron chi connectivity index (χ2n) is 8.19. The van der Waals surface area contributed by atoms with Crippen molar-refractivity contribution in [2.75, 3.05) is 5.32 Å². The number of rotatable bonds is 2. The lowest BCUT2D eigenvalue weighted by Crippen LogP contribution is -2.43. The van der Waals surface area contributed by atoms with Crippen LogP contribution in [0.2, 0.25) is 0 Å². The largest absolute Gasteiger partial charge is 0.301 e. The number of aryl methyl sites for hydroxylation is 2. The maximum atomic E-state index is 13.1. The van der Waals surface area contributed by atoms with Crippen LogP contribution in [0.1, 0.15) is 63.4 Å². The van der Waals surface area contributed by atoms with Crippen molar-refractivity contribution in [3.05, 3.63) is 10.6 Å². The lowest BCUT2D eigenvalue weighted by molar-refractivity contribution is -0.131. The molecular formula is C18H24N2O2S. The molecule has 0 aliphatic heterocycles. The molecule has 3 aliphatic rings. The van der Waals surface area contributed by atoms with Gasteiger partial charge in [-0.25, -0.2) is 4.98 Å². The summed E-state index contributed by atoms with van der Waals surface area (Å²) in [6, 6.07) is 0. The molecule has 5 heteroatoms. The fourth-order valence-corrected chi connectivity index (χ4v) is 6.03. The van der Waals surface area contributed by atoms with E-state index in [-0.39, 0.29) is 22.5 Å². The molecule has 0 aromatic carbocycles. The zero-order chi connectivity index (χ0) is 16.5. The van der Waals surface area contributed by atoms with E-state index in [0.29, 0.717) is 6.42 Å². The van der Waals surface area contributed by atoms with Gasteiger partial charge in [0.1, 0.15) is 5.78 Å². The molecule has 1 aromatic rings. The highest BCUT2D eigenvalue weighted by Gasteiger charge is 2.72. The number of amides is 1. The third-order valence-electron chi connectivity index (χ3n) is 7.21. The highest BCUT2D eigenvalue weighted by atomic mass is 32.1. The Labute approximate surface area is 141 Å². The molecule has 23 heavy (non-hydrogen) atoms. The number of ketones is 1. The number of nitrogens with one attached hydrogen (secondary N) is 1. The van der Waals surface area contributed by atoms with E-state index < -0.39 is 5.41 Å². The fourth-order valence-electron chi connectivity index (χ4n) is 4.98. The lowest BCUT2D eigenvalue weighted by Gasteiger charge is -2.38. The van der Waals surface area contributed by atoms with Gasteiger partial charge < -0.3 is 5.32 Å². The first-order valence-corrected chi connectivity index (χ1v) is 9.45. The van der Waals surface area contributed by atoms with Crippen molar-refractivity contribution in [3.8, 4) is 0 Å². The standard InChI is InChI=1S/C18H24N2O2S/c1-16(2)17(3)8-9-18(16,10-13(17)21)14(22)20-15-19-11-6-4-5-7-12(11)23-15/h4-10H2,1-3H3,(H,19,20,22)/t17-,18-/m1/s1. The molecule has 0 saturated heterocycles. The van der Waals surface area contributed by atoms with E-state index in [9.17, 15) is 9.59 Å². The van der Waals surface area contributed by atoms with Crippen LogP contribution in [0, 0.1) is 16.2 Å². The summed E-state index contributed by atoms with van der Waals surface area (Å²) in [6.45, 7) is 6.23. The quantitative estimate of drug-likeness (QED) is 0.897. The van der Waals surface area contributed by atoms with Crippen molar-refractivity contribution in [1.29, 1.82) is 0 Å². The zero-order valence-corrected chi connectivity index (χ0v) is 14.9. The molecule has 0 spiro atoms. The third-order valence-corrected chi connectivity index (χ3v) is 8.28. The van der Waals surface area contributed by atoms with E-state index in [0.717, 1.165) is 36.5 Å². The van der Waals surface area contributed by atoms with Gasteiger partial charge in [-0.2, -0.15) is 0 Å². The van der Waals surface area contributed by atoms with Crippen LogP contribution in [0.15, 0.2) is 0 Å². The maximum absolute atomic E-state index is 13.1. The van der Waals surface area contributed by atoms with Crippen LogP contribution in [0.25, 0.3) is 0 Å². The van der Waals surface area contributed by atoms with E-state index in [4.69, 9.17) is 0 Å². The number of carbonyl (C=O) groups excluding carboxylic acids is 2.